The highest BCUT2D eigenvalue weighted by Gasteiger charge is 2.10. The minimum Gasteiger partial charge on any atom is -0.493 e. The topological polar surface area (TPSA) is 103 Å². The highest BCUT2D eigenvalue weighted by atomic mass is 35.5. The van der Waals surface area contributed by atoms with Gasteiger partial charge in [0, 0.05) is 24.3 Å². The molecule has 0 aliphatic heterocycles. The number of ether oxygens (including phenoxy) is 2. The molecular formula is C19H24ClN3O4. The highest BCUT2D eigenvalue weighted by molar-refractivity contribution is 5.94. The maximum Gasteiger partial charge on any atom is 0.257 e. The lowest BCUT2D eigenvalue weighted by atomic mass is 10.1. The minimum atomic E-state index is -0.215. The largest absolute Gasteiger partial charge is 0.493 e. The molecule has 0 atom stereocenters. The maximum atomic E-state index is 12.2. The van der Waals surface area contributed by atoms with Crippen LogP contribution in [0.2, 0.25) is 0 Å². The van der Waals surface area contributed by atoms with Crippen molar-refractivity contribution in [2.24, 2.45) is 0 Å². The molecule has 0 saturated heterocycles. The Morgan fingerprint density at radius 3 is 2.52 bits per heavy atom. The van der Waals surface area contributed by atoms with E-state index in [1.165, 1.54) is 7.11 Å². The van der Waals surface area contributed by atoms with Crippen LogP contribution in [-0.2, 0) is 11.3 Å². The van der Waals surface area contributed by atoms with E-state index in [9.17, 15) is 9.59 Å². The smallest absolute Gasteiger partial charge is 0.257 e. The summed E-state index contributed by atoms with van der Waals surface area (Å²) in [5.41, 5.74) is 7.56. The Bertz CT molecular complexity index is 783. The number of halogens is 1. The fourth-order valence-electron chi connectivity index (χ4n) is 2.30. The average molecular weight is 394 g/mol. The van der Waals surface area contributed by atoms with Crippen molar-refractivity contribution < 1.29 is 19.1 Å². The Balaban J connectivity index is 0.00000364. The lowest BCUT2D eigenvalue weighted by molar-refractivity contribution is -0.123. The third-order valence-electron chi connectivity index (χ3n) is 3.56. The average Bonchev–Trinajstić information content (AvgIpc) is 2.64. The molecule has 0 fully saturated rings. The summed E-state index contributed by atoms with van der Waals surface area (Å²) in [5.74, 6) is 0.538. The highest BCUT2D eigenvalue weighted by Crippen LogP contribution is 2.28. The third kappa shape index (κ3) is 6.71. The fraction of sp³-hybridized carbons (Fsp3) is 0.263. The molecule has 8 heteroatoms. The minimum absolute atomic E-state index is 0. The number of nitrogen functional groups attached to an aromatic ring is 1. The SMILES string of the molecule is CCNC(=O)COc1ccc(CNC(=O)c2cccc(N)c2)cc1OC.Cl. The number of nitrogens with one attached hydrogen (secondary N) is 2. The van der Waals surface area contributed by atoms with Gasteiger partial charge in [-0.3, -0.25) is 9.59 Å². The van der Waals surface area contributed by atoms with Gasteiger partial charge >= 0.3 is 0 Å². The van der Waals surface area contributed by atoms with Crippen LogP contribution in [0.15, 0.2) is 42.5 Å². The van der Waals surface area contributed by atoms with Crippen LogP contribution in [0.5, 0.6) is 11.5 Å². The Morgan fingerprint density at radius 1 is 1.07 bits per heavy atom. The summed E-state index contributed by atoms with van der Waals surface area (Å²) in [4.78, 5) is 23.6. The first-order chi connectivity index (χ1) is 12.5. The molecule has 0 radical (unpaired) electrons. The second kappa shape index (κ2) is 10.9. The number of amides is 2. The van der Waals surface area contributed by atoms with E-state index in [2.05, 4.69) is 10.6 Å². The molecule has 2 aromatic carbocycles. The predicted octanol–water partition coefficient (Wildman–Crippen LogP) is 2.14. The van der Waals surface area contributed by atoms with Gasteiger partial charge < -0.3 is 25.8 Å². The summed E-state index contributed by atoms with van der Waals surface area (Å²) in [6, 6.07) is 12.0. The summed E-state index contributed by atoms with van der Waals surface area (Å²) < 4.78 is 10.8. The summed E-state index contributed by atoms with van der Waals surface area (Å²) in [6.45, 7) is 2.62. The first kappa shape index (κ1) is 22.1. The van der Waals surface area contributed by atoms with Crippen LogP contribution in [0.3, 0.4) is 0 Å². The van der Waals surface area contributed by atoms with Crippen molar-refractivity contribution >= 4 is 29.9 Å². The van der Waals surface area contributed by atoms with Crippen LogP contribution in [0.4, 0.5) is 5.69 Å². The number of benzene rings is 2. The van der Waals surface area contributed by atoms with E-state index < -0.39 is 0 Å². The lowest BCUT2D eigenvalue weighted by Gasteiger charge is -2.12. The van der Waals surface area contributed by atoms with Crippen molar-refractivity contribution in [2.45, 2.75) is 13.5 Å². The molecule has 0 bridgehead atoms. The van der Waals surface area contributed by atoms with Crippen LogP contribution in [0.25, 0.3) is 0 Å². The lowest BCUT2D eigenvalue weighted by Crippen LogP contribution is -2.28. The number of rotatable bonds is 8. The molecular weight excluding hydrogens is 370 g/mol. The van der Waals surface area contributed by atoms with E-state index in [0.717, 1.165) is 5.56 Å². The van der Waals surface area contributed by atoms with Crippen LogP contribution < -0.4 is 25.8 Å². The number of carbonyl (C=O) groups is 2. The molecule has 0 aliphatic carbocycles. The first-order valence-electron chi connectivity index (χ1n) is 8.23. The van der Waals surface area contributed by atoms with Gasteiger partial charge in [0.1, 0.15) is 0 Å². The molecule has 0 aromatic heterocycles. The molecule has 0 unspecified atom stereocenters. The normalized spacial score (nSPS) is 9.70. The third-order valence-corrected chi connectivity index (χ3v) is 3.56. The quantitative estimate of drug-likeness (QED) is 0.596. The first-order valence-corrected chi connectivity index (χ1v) is 8.23. The van der Waals surface area contributed by atoms with Gasteiger partial charge in [-0.25, -0.2) is 0 Å². The van der Waals surface area contributed by atoms with Gasteiger partial charge in [0.05, 0.1) is 7.11 Å². The van der Waals surface area contributed by atoms with E-state index in [4.69, 9.17) is 15.2 Å². The number of likely N-dealkylation sites (N-methyl/N-ethyl adjacent to an activating group) is 1. The molecule has 7 nitrogen and oxygen atoms in total. The molecule has 0 heterocycles. The van der Waals surface area contributed by atoms with Gasteiger partial charge in [0.25, 0.3) is 11.8 Å². The van der Waals surface area contributed by atoms with Crippen molar-refractivity contribution in [1.82, 2.24) is 10.6 Å². The molecule has 0 aliphatic rings. The second-order valence-electron chi connectivity index (χ2n) is 5.54. The molecule has 2 aromatic rings. The van der Waals surface area contributed by atoms with Gasteiger partial charge in [-0.1, -0.05) is 12.1 Å². The molecule has 27 heavy (non-hydrogen) atoms. The predicted molar refractivity (Wildman–Crippen MR) is 106 cm³/mol. The van der Waals surface area contributed by atoms with Gasteiger partial charge in [-0.2, -0.15) is 0 Å². The Labute approximate surface area is 164 Å². The number of nitrogens with two attached hydrogens (primary N) is 1. The van der Waals surface area contributed by atoms with E-state index in [0.29, 0.717) is 35.8 Å². The zero-order chi connectivity index (χ0) is 18.9. The number of hydrogen-bond acceptors (Lipinski definition) is 5. The molecule has 2 rings (SSSR count). The summed E-state index contributed by atoms with van der Waals surface area (Å²) in [5, 5.41) is 5.48. The van der Waals surface area contributed by atoms with Gasteiger partial charge in [0.2, 0.25) is 0 Å². The van der Waals surface area contributed by atoms with Crippen molar-refractivity contribution in [3.8, 4) is 11.5 Å². The Morgan fingerprint density at radius 2 is 1.85 bits per heavy atom. The van der Waals surface area contributed by atoms with Crippen LogP contribution in [0, 0.1) is 0 Å². The van der Waals surface area contributed by atoms with E-state index >= 15 is 0 Å². The number of hydrogen-bond donors (Lipinski definition) is 3. The molecule has 0 saturated carbocycles. The van der Waals surface area contributed by atoms with Crippen LogP contribution in [0.1, 0.15) is 22.8 Å². The number of carbonyl (C=O) groups excluding carboxylic acids is 2. The number of methoxy groups -OCH3 is 1. The fourth-order valence-corrected chi connectivity index (χ4v) is 2.30. The zero-order valence-electron chi connectivity index (χ0n) is 15.3. The van der Waals surface area contributed by atoms with Crippen LogP contribution in [-0.4, -0.2) is 32.1 Å². The van der Waals surface area contributed by atoms with Crippen molar-refractivity contribution in [3.05, 3.63) is 53.6 Å². The van der Waals surface area contributed by atoms with Gasteiger partial charge in [-0.15, -0.1) is 12.4 Å². The maximum absolute atomic E-state index is 12.2. The molecule has 146 valence electrons. The van der Waals surface area contributed by atoms with E-state index in [1.807, 2.05) is 6.92 Å². The summed E-state index contributed by atoms with van der Waals surface area (Å²) >= 11 is 0. The van der Waals surface area contributed by atoms with Crippen molar-refractivity contribution in [3.63, 3.8) is 0 Å². The summed E-state index contributed by atoms with van der Waals surface area (Å²) in [7, 11) is 1.52. The zero-order valence-corrected chi connectivity index (χ0v) is 16.1. The van der Waals surface area contributed by atoms with E-state index in [1.54, 1.807) is 42.5 Å². The summed E-state index contributed by atoms with van der Waals surface area (Å²) in [6.07, 6.45) is 0. The molecule has 2 amide bonds. The van der Waals surface area contributed by atoms with Crippen molar-refractivity contribution in [1.29, 1.82) is 0 Å². The number of anilines is 1. The molecule has 4 N–H and O–H groups in total. The second-order valence-corrected chi connectivity index (χ2v) is 5.54. The van der Waals surface area contributed by atoms with Gasteiger partial charge in [-0.05, 0) is 42.8 Å². The monoisotopic (exact) mass is 393 g/mol. The van der Waals surface area contributed by atoms with Crippen molar-refractivity contribution in [2.75, 3.05) is 26.0 Å². The Hall–Kier alpha value is -2.93. The Kier molecular flexibility index (Phi) is 8.95. The van der Waals surface area contributed by atoms with Crippen LogP contribution >= 0.6 is 12.4 Å². The molecule has 0 spiro atoms. The van der Waals surface area contributed by atoms with Gasteiger partial charge in [0.15, 0.2) is 18.1 Å². The van der Waals surface area contributed by atoms with E-state index in [-0.39, 0.29) is 30.8 Å². The standard InChI is InChI=1S/C19H23N3O4.ClH/c1-3-21-18(23)12-26-16-8-7-13(9-17(16)25-2)11-22-19(24)14-5-4-6-15(20)10-14;/h4-10H,3,11-12,20H2,1-2H3,(H,21,23)(H,22,24);1H.